The third kappa shape index (κ3) is 3.46. The van der Waals surface area contributed by atoms with E-state index in [0.29, 0.717) is 13.1 Å². The number of benzene rings is 3. The topological polar surface area (TPSA) is 54.3 Å². The van der Waals surface area contributed by atoms with E-state index in [1.165, 1.54) is 15.8 Å². The molecule has 1 fully saturated rings. The van der Waals surface area contributed by atoms with Crippen LogP contribution < -0.4 is 0 Å². The Balaban J connectivity index is 1.35. The maximum absolute atomic E-state index is 13.1. The molecule has 0 saturated carbocycles. The summed E-state index contributed by atoms with van der Waals surface area (Å²) in [6.45, 7) is 2.91. The van der Waals surface area contributed by atoms with E-state index >= 15 is 0 Å². The van der Waals surface area contributed by atoms with Crippen LogP contribution in [-0.4, -0.2) is 57.0 Å². The van der Waals surface area contributed by atoms with Gasteiger partial charge >= 0.3 is 6.03 Å². The van der Waals surface area contributed by atoms with Crippen LogP contribution in [0.1, 0.15) is 17.2 Å². The van der Waals surface area contributed by atoms with Crippen LogP contribution in [0.4, 0.5) is 4.79 Å². The van der Waals surface area contributed by atoms with Crippen molar-refractivity contribution >= 4 is 17.1 Å². The number of piperazine rings is 1. The predicted octanol–water partition coefficient (Wildman–Crippen LogP) is 3.81. The monoisotopic (exact) mass is 397 g/mol. The zero-order valence-corrected chi connectivity index (χ0v) is 16.6. The molecule has 6 heteroatoms. The lowest BCUT2D eigenvalue weighted by molar-refractivity contribution is 0.120. The molecule has 1 aromatic heterocycles. The molecule has 0 bridgehead atoms. The highest BCUT2D eigenvalue weighted by molar-refractivity contribution is 5.87. The van der Waals surface area contributed by atoms with Crippen LogP contribution >= 0.6 is 0 Å². The quantitative estimate of drug-likeness (QED) is 0.528. The average molecular weight is 397 g/mol. The Kier molecular flexibility index (Phi) is 4.99. The summed E-state index contributed by atoms with van der Waals surface area (Å²) < 4.78 is 1.41. The van der Waals surface area contributed by atoms with Gasteiger partial charge < -0.3 is 4.90 Å². The smallest absolute Gasteiger partial charge is 0.320 e. The normalized spacial score (nSPS) is 15.0. The second-order valence-electron chi connectivity index (χ2n) is 7.52. The summed E-state index contributed by atoms with van der Waals surface area (Å²) in [5.41, 5.74) is 4.02. The summed E-state index contributed by atoms with van der Waals surface area (Å²) in [5.74, 6) is 0. The van der Waals surface area contributed by atoms with Crippen molar-refractivity contribution in [3.8, 4) is 0 Å². The van der Waals surface area contributed by atoms with Gasteiger partial charge in [0.25, 0.3) is 0 Å². The summed E-state index contributed by atoms with van der Waals surface area (Å²) >= 11 is 0. The van der Waals surface area contributed by atoms with Gasteiger partial charge in [-0.05, 0) is 23.3 Å². The maximum atomic E-state index is 13.1. The summed E-state index contributed by atoms with van der Waals surface area (Å²) in [6, 6.07) is 28.8. The van der Waals surface area contributed by atoms with Crippen molar-refractivity contribution in [2.45, 2.75) is 6.04 Å². The van der Waals surface area contributed by atoms with Gasteiger partial charge in [0.1, 0.15) is 5.52 Å². The van der Waals surface area contributed by atoms with Crippen molar-refractivity contribution in [2.24, 2.45) is 0 Å². The molecule has 30 heavy (non-hydrogen) atoms. The fraction of sp³-hybridized carbons (Fsp3) is 0.208. The molecule has 1 aliphatic rings. The van der Waals surface area contributed by atoms with Crippen LogP contribution in [0.2, 0.25) is 0 Å². The highest BCUT2D eigenvalue weighted by Crippen LogP contribution is 2.29. The first-order valence-corrected chi connectivity index (χ1v) is 10.2. The molecule has 5 rings (SSSR count). The second-order valence-corrected chi connectivity index (χ2v) is 7.52. The van der Waals surface area contributed by atoms with Crippen LogP contribution in [0.3, 0.4) is 0 Å². The summed E-state index contributed by atoms with van der Waals surface area (Å²) in [4.78, 5) is 17.4. The van der Waals surface area contributed by atoms with E-state index in [9.17, 15) is 4.79 Å². The first-order chi connectivity index (χ1) is 14.8. The van der Waals surface area contributed by atoms with Crippen LogP contribution in [0.15, 0.2) is 84.9 Å². The van der Waals surface area contributed by atoms with Crippen LogP contribution in [0.5, 0.6) is 0 Å². The van der Waals surface area contributed by atoms with Crippen LogP contribution in [-0.2, 0) is 0 Å². The van der Waals surface area contributed by atoms with Gasteiger partial charge in [-0.15, -0.1) is 5.10 Å². The Bertz CT molecular complexity index is 1090. The molecule has 6 nitrogen and oxygen atoms in total. The molecule has 0 atom stereocenters. The van der Waals surface area contributed by atoms with E-state index in [2.05, 4.69) is 63.7 Å². The number of aromatic nitrogens is 3. The van der Waals surface area contributed by atoms with Gasteiger partial charge in [0.15, 0.2) is 0 Å². The van der Waals surface area contributed by atoms with E-state index in [0.717, 1.165) is 24.1 Å². The van der Waals surface area contributed by atoms with E-state index in [4.69, 9.17) is 0 Å². The fourth-order valence-corrected chi connectivity index (χ4v) is 4.20. The Morgan fingerprint density at radius 2 is 1.30 bits per heavy atom. The number of carbonyl (C=O) groups excluding carboxylic acids is 1. The lowest BCUT2D eigenvalue weighted by Crippen LogP contribution is -2.51. The zero-order valence-electron chi connectivity index (χ0n) is 16.6. The molecular weight excluding hydrogens is 374 g/mol. The molecule has 3 aromatic carbocycles. The van der Waals surface area contributed by atoms with Gasteiger partial charge in [0, 0.05) is 26.2 Å². The minimum absolute atomic E-state index is 0.112. The van der Waals surface area contributed by atoms with Gasteiger partial charge in [-0.25, -0.2) is 4.79 Å². The molecule has 150 valence electrons. The molecule has 0 unspecified atom stereocenters. The minimum atomic E-state index is -0.112. The first-order valence-electron chi connectivity index (χ1n) is 10.2. The molecule has 4 aromatic rings. The number of rotatable bonds is 3. The van der Waals surface area contributed by atoms with Crippen molar-refractivity contribution in [1.29, 1.82) is 0 Å². The SMILES string of the molecule is O=C(N1CCN(C(c2ccccc2)c2ccccc2)CC1)n1nnc2ccccc21. The average Bonchev–Trinajstić information content (AvgIpc) is 3.25. The fourth-order valence-electron chi connectivity index (χ4n) is 4.20. The number of carbonyl (C=O) groups is 1. The van der Waals surface area contributed by atoms with E-state index in [1.54, 1.807) is 0 Å². The molecule has 0 spiro atoms. The molecule has 0 aliphatic carbocycles. The summed E-state index contributed by atoms with van der Waals surface area (Å²) in [5, 5.41) is 8.19. The van der Waals surface area contributed by atoms with Crippen molar-refractivity contribution in [3.05, 3.63) is 96.1 Å². The summed E-state index contributed by atoms with van der Waals surface area (Å²) in [6.07, 6.45) is 0. The van der Waals surface area contributed by atoms with Gasteiger partial charge in [0.2, 0.25) is 0 Å². The molecule has 2 heterocycles. The predicted molar refractivity (Wildman–Crippen MR) is 116 cm³/mol. The second kappa shape index (κ2) is 8.08. The zero-order chi connectivity index (χ0) is 20.3. The van der Waals surface area contributed by atoms with Crippen LogP contribution in [0, 0.1) is 0 Å². The number of para-hydroxylation sites is 1. The van der Waals surface area contributed by atoms with Gasteiger partial charge in [-0.2, -0.15) is 4.68 Å². The standard InChI is InChI=1S/C24H23N5O/c30-24(29-22-14-8-7-13-21(22)25-26-29)28-17-15-27(16-18-28)23(19-9-3-1-4-10-19)20-11-5-2-6-12-20/h1-14,23H,15-18H2. The largest absolute Gasteiger partial charge is 0.346 e. The Morgan fingerprint density at radius 3 is 1.93 bits per heavy atom. The highest BCUT2D eigenvalue weighted by atomic mass is 16.2. The Morgan fingerprint density at radius 1 is 0.733 bits per heavy atom. The number of hydrogen-bond acceptors (Lipinski definition) is 4. The molecular formula is C24H23N5O. The Labute approximate surface area is 175 Å². The number of fused-ring (bicyclic) bond motifs is 1. The molecule has 0 N–H and O–H groups in total. The maximum Gasteiger partial charge on any atom is 0.346 e. The lowest BCUT2D eigenvalue weighted by atomic mass is 9.96. The lowest BCUT2D eigenvalue weighted by Gasteiger charge is -2.39. The Hall–Kier alpha value is -3.51. The molecule has 1 amide bonds. The molecule has 1 saturated heterocycles. The van der Waals surface area contributed by atoms with Crippen molar-refractivity contribution < 1.29 is 4.79 Å². The molecule has 1 aliphatic heterocycles. The molecule has 0 radical (unpaired) electrons. The van der Waals surface area contributed by atoms with E-state index in [-0.39, 0.29) is 12.1 Å². The first kappa shape index (κ1) is 18.5. The van der Waals surface area contributed by atoms with E-state index < -0.39 is 0 Å². The number of amides is 1. The number of hydrogen-bond donors (Lipinski definition) is 0. The van der Waals surface area contributed by atoms with Crippen molar-refractivity contribution in [2.75, 3.05) is 26.2 Å². The van der Waals surface area contributed by atoms with Gasteiger partial charge in [-0.3, -0.25) is 4.90 Å². The van der Waals surface area contributed by atoms with Crippen LogP contribution in [0.25, 0.3) is 11.0 Å². The van der Waals surface area contributed by atoms with Crippen molar-refractivity contribution in [1.82, 2.24) is 24.8 Å². The third-order valence-corrected chi connectivity index (χ3v) is 5.71. The highest BCUT2D eigenvalue weighted by Gasteiger charge is 2.29. The van der Waals surface area contributed by atoms with E-state index in [1.807, 2.05) is 41.3 Å². The van der Waals surface area contributed by atoms with Gasteiger partial charge in [-0.1, -0.05) is 78.0 Å². The number of nitrogens with zero attached hydrogens (tertiary/aromatic N) is 5. The minimum Gasteiger partial charge on any atom is -0.320 e. The van der Waals surface area contributed by atoms with Crippen molar-refractivity contribution in [3.63, 3.8) is 0 Å². The van der Waals surface area contributed by atoms with Gasteiger partial charge in [0.05, 0.1) is 11.6 Å². The third-order valence-electron chi connectivity index (χ3n) is 5.71. The summed E-state index contributed by atoms with van der Waals surface area (Å²) in [7, 11) is 0.